The maximum Gasteiger partial charge on any atom is 0.514 e. The number of hydrogen-bond acceptors (Lipinski definition) is 5. The van der Waals surface area contributed by atoms with Crippen molar-refractivity contribution in [2.24, 2.45) is 0 Å². The van der Waals surface area contributed by atoms with Crippen molar-refractivity contribution < 1.29 is 14.3 Å². The lowest BCUT2D eigenvalue weighted by atomic mass is 10.0. The molecule has 1 aliphatic heterocycles. The molecule has 0 saturated carbocycles. The minimum Gasteiger partial charge on any atom is -0.437 e. The molecule has 5 heteroatoms. The first-order valence-electron chi connectivity index (χ1n) is 5.20. The van der Waals surface area contributed by atoms with Crippen LogP contribution in [0.4, 0.5) is 4.79 Å². The van der Waals surface area contributed by atoms with Gasteiger partial charge in [0.1, 0.15) is 0 Å². The second-order valence-corrected chi connectivity index (χ2v) is 4.96. The van der Waals surface area contributed by atoms with Gasteiger partial charge in [0, 0.05) is 17.5 Å². The van der Waals surface area contributed by atoms with Gasteiger partial charge in [-0.3, -0.25) is 4.90 Å². The lowest BCUT2D eigenvalue weighted by Crippen LogP contribution is -2.28. The minimum atomic E-state index is -0.653. The standard InChI is InChI=1S/C11H15NO3S/c1-7-10-8(4-5-12(7)2)6-9(16-10)15-11(13)14-3/h6-7H,4-5H2,1-3H3. The largest absolute Gasteiger partial charge is 0.514 e. The topological polar surface area (TPSA) is 38.8 Å². The normalized spacial score (nSPS) is 20.3. The molecule has 0 N–H and O–H groups in total. The monoisotopic (exact) mass is 241 g/mol. The van der Waals surface area contributed by atoms with Crippen LogP contribution in [0.1, 0.15) is 23.4 Å². The van der Waals surface area contributed by atoms with Crippen LogP contribution in [0.15, 0.2) is 6.07 Å². The third kappa shape index (κ3) is 2.05. The summed E-state index contributed by atoms with van der Waals surface area (Å²) in [5.41, 5.74) is 1.29. The Hall–Kier alpha value is -1.07. The number of thiophene rings is 1. The molecule has 0 spiro atoms. The Bertz CT molecular complexity index is 402. The predicted molar refractivity (Wildman–Crippen MR) is 62.1 cm³/mol. The van der Waals surface area contributed by atoms with E-state index in [1.807, 2.05) is 6.07 Å². The van der Waals surface area contributed by atoms with Crippen LogP contribution in [0, 0.1) is 0 Å². The van der Waals surface area contributed by atoms with Crippen molar-refractivity contribution in [3.05, 3.63) is 16.5 Å². The van der Waals surface area contributed by atoms with Crippen molar-refractivity contribution in [2.45, 2.75) is 19.4 Å². The molecule has 2 rings (SSSR count). The van der Waals surface area contributed by atoms with Crippen molar-refractivity contribution in [2.75, 3.05) is 20.7 Å². The molecule has 1 unspecified atom stereocenters. The van der Waals surface area contributed by atoms with E-state index in [1.165, 1.54) is 28.9 Å². The number of fused-ring (bicyclic) bond motifs is 1. The number of hydrogen-bond donors (Lipinski definition) is 0. The number of carbonyl (C=O) groups excluding carboxylic acids is 1. The maximum absolute atomic E-state index is 11.0. The summed E-state index contributed by atoms with van der Waals surface area (Å²) in [6.45, 7) is 3.21. The molecule has 0 saturated heterocycles. The van der Waals surface area contributed by atoms with Crippen LogP contribution in [0.25, 0.3) is 0 Å². The van der Waals surface area contributed by atoms with Crippen molar-refractivity contribution in [1.82, 2.24) is 4.90 Å². The Morgan fingerprint density at radius 3 is 3.06 bits per heavy atom. The summed E-state index contributed by atoms with van der Waals surface area (Å²) in [5, 5.41) is 0.624. The van der Waals surface area contributed by atoms with Gasteiger partial charge >= 0.3 is 6.16 Å². The van der Waals surface area contributed by atoms with Crippen LogP contribution in [0.5, 0.6) is 5.06 Å². The summed E-state index contributed by atoms with van der Waals surface area (Å²) in [4.78, 5) is 14.6. The first-order valence-corrected chi connectivity index (χ1v) is 6.02. The van der Waals surface area contributed by atoms with Gasteiger partial charge in [0.2, 0.25) is 0 Å². The Labute approximate surface area is 98.8 Å². The zero-order chi connectivity index (χ0) is 11.7. The van der Waals surface area contributed by atoms with E-state index in [0.717, 1.165) is 13.0 Å². The van der Waals surface area contributed by atoms with E-state index in [4.69, 9.17) is 4.74 Å². The van der Waals surface area contributed by atoms with Crippen molar-refractivity contribution in [3.8, 4) is 5.06 Å². The van der Waals surface area contributed by atoms with Gasteiger partial charge in [0.15, 0.2) is 5.06 Å². The van der Waals surface area contributed by atoms with Gasteiger partial charge in [-0.15, -0.1) is 11.3 Å². The third-order valence-corrected chi connectivity index (χ3v) is 4.17. The minimum absolute atomic E-state index is 0.392. The number of nitrogens with zero attached hydrogens (tertiary/aromatic N) is 1. The first kappa shape index (κ1) is 11.4. The van der Waals surface area contributed by atoms with Gasteiger partial charge in [-0.05, 0) is 32.0 Å². The number of likely N-dealkylation sites (N-methyl/N-ethyl adjacent to an activating group) is 1. The van der Waals surface area contributed by atoms with Crippen LogP contribution in [-0.4, -0.2) is 31.8 Å². The highest BCUT2D eigenvalue weighted by molar-refractivity contribution is 7.14. The number of rotatable bonds is 1. The molecule has 2 heterocycles. The van der Waals surface area contributed by atoms with Crippen LogP contribution in [-0.2, 0) is 11.2 Å². The molecule has 4 nitrogen and oxygen atoms in total. The summed E-state index contributed by atoms with van der Waals surface area (Å²) in [6.07, 6.45) is 0.358. The van der Waals surface area contributed by atoms with Crippen LogP contribution in [0.2, 0.25) is 0 Å². The van der Waals surface area contributed by atoms with E-state index >= 15 is 0 Å². The lowest BCUT2D eigenvalue weighted by molar-refractivity contribution is 0.123. The zero-order valence-electron chi connectivity index (χ0n) is 9.65. The van der Waals surface area contributed by atoms with Crippen molar-refractivity contribution >= 4 is 17.5 Å². The SMILES string of the molecule is COC(=O)Oc1cc2c(s1)C(C)N(C)CC2. The summed E-state index contributed by atoms with van der Waals surface area (Å²) in [7, 11) is 3.42. The van der Waals surface area contributed by atoms with Gasteiger partial charge in [-0.25, -0.2) is 4.79 Å². The van der Waals surface area contributed by atoms with Gasteiger partial charge in [-0.2, -0.15) is 0 Å². The average Bonchev–Trinajstić information content (AvgIpc) is 2.67. The molecule has 1 aromatic rings. The molecule has 16 heavy (non-hydrogen) atoms. The summed E-state index contributed by atoms with van der Waals surface area (Å²) in [6, 6.07) is 2.34. The molecule has 0 amide bonds. The zero-order valence-corrected chi connectivity index (χ0v) is 10.5. The van der Waals surface area contributed by atoms with Crippen LogP contribution in [0.3, 0.4) is 0 Å². The van der Waals surface area contributed by atoms with Gasteiger partial charge < -0.3 is 9.47 Å². The van der Waals surface area contributed by atoms with E-state index < -0.39 is 6.16 Å². The Morgan fingerprint density at radius 2 is 2.38 bits per heavy atom. The quantitative estimate of drug-likeness (QED) is 0.708. The molecular weight excluding hydrogens is 226 g/mol. The van der Waals surface area contributed by atoms with E-state index in [0.29, 0.717) is 11.1 Å². The summed E-state index contributed by atoms with van der Waals surface area (Å²) < 4.78 is 9.51. The molecule has 1 atom stereocenters. The van der Waals surface area contributed by atoms with Crippen molar-refractivity contribution in [1.29, 1.82) is 0 Å². The fourth-order valence-corrected chi connectivity index (χ4v) is 3.00. The predicted octanol–water partition coefficient (Wildman–Crippen LogP) is 2.44. The maximum atomic E-state index is 11.0. The van der Waals surface area contributed by atoms with E-state index in [-0.39, 0.29) is 0 Å². The van der Waals surface area contributed by atoms with E-state index in [9.17, 15) is 4.79 Å². The van der Waals surface area contributed by atoms with E-state index in [1.54, 1.807) is 0 Å². The van der Waals surface area contributed by atoms with Gasteiger partial charge in [0.25, 0.3) is 0 Å². The number of ether oxygens (including phenoxy) is 2. The first-order chi connectivity index (χ1) is 7.61. The number of methoxy groups -OCH3 is 1. The van der Waals surface area contributed by atoms with Crippen LogP contribution >= 0.6 is 11.3 Å². The van der Waals surface area contributed by atoms with Crippen molar-refractivity contribution in [3.63, 3.8) is 0 Å². The molecule has 0 aromatic carbocycles. The second kappa shape index (κ2) is 4.43. The molecule has 88 valence electrons. The van der Waals surface area contributed by atoms with Crippen LogP contribution < -0.4 is 4.74 Å². The average molecular weight is 241 g/mol. The highest BCUT2D eigenvalue weighted by atomic mass is 32.1. The molecule has 1 aliphatic rings. The molecular formula is C11H15NO3S. The highest BCUT2D eigenvalue weighted by Crippen LogP contribution is 2.38. The fourth-order valence-electron chi connectivity index (χ4n) is 1.83. The fraction of sp³-hybridized carbons (Fsp3) is 0.545. The molecule has 1 aromatic heterocycles. The molecule has 0 fully saturated rings. The Balaban J connectivity index is 2.20. The molecule has 0 bridgehead atoms. The van der Waals surface area contributed by atoms with Gasteiger partial charge in [0.05, 0.1) is 7.11 Å². The Kier molecular flexibility index (Phi) is 3.16. The molecule has 0 aliphatic carbocycles. The summed E-state index contributed by atoms with van der Waals surface area (Å²) in [5.74, 6) is 0. The smallest absolute Gasteiger partial charge is 0.437 e. The molecule has 0 radical (unpaired) electrons. The number of carbonyl (C=O) groups is 1. The second-order valence-electron chi connectivity index (χ2n) is 3.92. The lowest BCUT2D eigenvalue weighted by Gasteiger charge is -2.29. The van der Waals surface area contributed by atoms with Gasteiger partial charge in [-0.1, -0.05) is 0 Å². The Morgan fingerprint density at radius 1 is 1.62 bits per heavy atom. The third-order valence-electron chi connectivity index (χ3n) is 2.94. The summed E-state index contributed by atoms with van der Waals surface area (Å²) >= 11 is 1.53. The van der Waals surface area contributed by atoms with E-state index in [2.05, 4.69) is 23.6 Å². The highest BCUT2D eigenvalue weighted by Gasteiger charge is 2.24.